The highest BCUT2D eigenvalue weighted by molar-refractivity contribution is 6.30. The minimum Gasteiger partial charge on any atom is -0.369 e. The third kappa shape index (κ3) is 2.17. The molecule has 0 unspecified atom stereocenters. The van der Waals surface area contributed by atoms with Crippen molar-refractivity contribution in [3.63, 3.8) is 0 Å². The molecule has 0 aliphatic heterocycles. The molecule has 0 bridgehead atoms. The van der Waals surface area contributed by atoms with Gasteiger partial charge < -0.3 is 10.3 Å². The normalized spacial score (nSPS) is 10.7. The van der Waals surface area contributed by atoms with Crippen molar-refractivity contribution in [2.24, 2.45) is 0 Å². The summed E-state index contributed by atoms with van der Waals surface area (Å²) in [4.78, 5) is 4.08. The first kappa shape index (κ1) is 11.0. The van der Waals surface area contributed by atoms with Crippen LogP contribution in [-0.4, -0.2) is 9.55 Å². The maximum absolute atomic E-state index is 12.9. The number of nitrogens with zero attached hydrogens (tertiary/aromatic N) is 2. The average Bonchev–Trinajstić information content (AvgIpc) is 2.51. The number of nitrogens with two attached hydrogens (primary N) is 1. The Kier molecular flexibility index (Phi) is 2.83. The summed E-state index contributed by atoms with van der Waals surface area (Å²) < 4.78 is 14.7. The molecule has 0 saturated heterocycles. The average molecular weight is 240 g/mol. The van der Waals surface area contributed by atoms with Crippen LogP contribution < -0.4 is 5.73 Å². The van der Waals surface area contributed by atoms with Gasteiger partial charge in [-0.3, -0.25) is 0 Å². The second-order valence-electron chi connectivity index (χ2n) is 3.62. The van der Waals surface area contributed by atoms with Gasteiger partial charge in [0, 0.05) is 6.20 Å². The first-order valence-electron chi connectivity index (χ1n) is 4.79. The van der Waals surface area contributed by atoms with Gasteiger partial charge in [-0.25, -0.2) is 9.37 Å². The first-order valence-corrected chi connectivity index (χ1v) is 5.17. The molecular weight excluding hydrogens is 229 g/mol. The van der Waals surface area contributed by atoms with Crippen LogP contribution >= 0.6 is 11.6 Å². The Balaban J connectivity index is 2.27. The van der Waals surface area contributed by atoms with Crippen molar-refractivity contribution >= 4 is 17.5 Å². The monoisotopic (exact) mass is 239 g/mol. The van der Waals surface area contributed by atoms with Crippen molar-refractivity contribution in [3.8, 4) is 0 Å². The molecule has 0 radical (unpaired) electrons. The predicted molar refractivity (Wildman–Crippen MR) is 61.9 cm³/mol. The minimum atomic E-state index is -0.416. The van der Waals surface area contributed by atoms with Gasteiger partial charge >= 0.3 is 0 Å². The number of aryl methyl sites for hydroxylation is 1. The predicted octanol–water partition coefficient (Wildman–Crippen LogP) is 2.61. The number of aromatic nitrogens is 2. The van der Waals surface area contributed by atoms with Crippen molar-refractivity contribution in [2.75, 3.05) is 5.73 Å². The van der Waals surface area contributed by atoms with E-state index >= 15 is 0 Å². The number of anilines is 1. The second-order valence-corrected chi connectivity index (χ2v) is 4.02. The van der Waals surface area contributed by atoms with E-state index in [2.05, 4.69) is 4.98 Å². The van der Waals surface area contributed by atoms with Crippen LogP contribution in [0.25, 0.3) is 0 Å². The van der Waals surface area contributed by atoms with E-state index in [9.17, 15) is 4.39 Å². The molecule has 5 heteroatoms. The summed E-state index contributed by atoms with van der Waals surface area (Å²) in [5, 5.41) is 0.118. The molecule has 2 aromatic rings. The lowest BCUT2D eigenvalue weighted by Gasteiger charge is -2.05. The van der Waals surface area contributed by atoms with Crippen molar-refractivity contribution in [3.05, 3.63) is 46.5 Å². The molecule has 1 heterocycles. The smallest absolute Gasteiger partial charge is 0.200 e. The Morgan fingerprint density at radius 3 is 2.81 bits per heavy atom. The van der Waals surface area contributed by atoms with E-state index in [1.807, 2.05) is 13.1 Å². The highest BCUT2D eigenvalue weighted by atomic mass is 35.5. The maximum Gasteiger partial charge on any atom is 0.200 e. The molecule has 1 aromatic heterocycles. The van der Waals surface area contributed by atoms with Crippen LogP contribution in [-0.2, 0) is 6.54 Å². The molecule has 2 rings (SSSR count). The van der Waals surface area contributed by atoms with E-state index in [4.69, 9.17) is 17.3 Å². The van der Waals surface area contributed by atoms with Crippen LogP contribution in [0, 0.1) is 12.7 Å². The number of hydrogen-bond donors (Lipinski definition) is 1. The lowest BCUT2D eigenvalue weighted by atomic mass is 10.2. The standard InChI is InChI=1S/C11H11ClFN3/c1-7-5-16(11(14)15-7)6-8-2-3-10(13)9(12)4-8/h2-5H,6H2,1H3,(H2,14,15). The fourth-order valence-electron chi connectivity index (χ4n) is 1.53. The molecule has 0 amide bonds. The zero-order valence-corrected chi connectivity index (χ0v) is 9.50. The van der Waals surface area contributed by atoms with E-state index in [0.717, 1.165) is 11.3 Å². The topological polar surface area (TPSA) is 43.8 Å². The van der Waals surface area contributed by atoms with E-state index in [1.165, 1.54) is 6.07 Å². The van der Waals surface area contributed by atoms with E-state index in [-0.39, 0.29) is 5.02 Å². The van der Waals surface area contributed by atoms with Crippen LogP contribution in [0.1, 0.15) is 11.3 Å². The van der Waals surface area contributed by atoms with Gasteiger partial charge in [-0.2, -0.15) is 0 Å². The number of hydrogen-bond acceptors (Lipinski definition) is 2. The summed E-state index contributed by atoms with van der Waals surface area (Å²) in [6, 6.07) is 4.61. The third-order valence-electron chi connectivity index (χ3n) is 2.26. The highest BCUT2D eigenvalue weighted by Crippen LogP contribution is 2.17. The van der Waals surface area contributed by atoms with Crippen molar-refractivity contribution in [2.45, 2.75) is 13.5 Å². The molecule has 0 spiro atoms. The summed E-state index contributed by atoms with van der Waals surface area (Å²) in [7, 11) is 0. The van der Waals surface area contributed by atoms with Crippen LogP contribution in [0.4, 0.5) is 10.3 Å². The van der Waals surface area contributed by atoms with Crippen molar-refractivity contribution in [1.82, 2.24) is 9.55 Å². The molecule has 0 aliphatic rings. The lowest BCUT2D eigenvalue weighted by Crippen LogP contribution is -2.03. The van der Waals surface area contributed by atoms with Gasteiger partial charge in [0.25, 0.3) is 0 Å². The number of benzene rings is 1. The molecule has 0 aliphatic carbocycles. The molecule has 16 heavy (non-hydrogen) atoms. The molecule has 1 aromatic carbocycles. The molecule has 84 valence electrons. The largest absolute Gasteiger partial charge is 0.369 e. The van der Waals surface area contributed by atoms with Crippen LogP contribution in [0.3, 0.4) is 0 Å². The molecule has 0 saturated carbocycles. The molecule has 3 nitrogen and oxygen atoms in total. The lowest BCUT2D eigenvalue weighted by molar-refractivity contribution is 0.627. The van der Waals surface area contributed by atoms with Gasteiger partial charge in [-0.05, 0) is 24.6 Å². The summed E-state index contributed by atoms with van der Waals surface area (Å²) in [5.41, 5.74) is 7.44. The Labute approximate surface area is 97.7 Å². The maximum atomic E-state index is 12.9. The number of nitrogen functional groups attached to an aromatic ring is 1. The van der Waals surface area contributed by atoms with Gasteiger partial charge in [0.05, 0.1) is 17.3 Å². The molecule has 0 atom stereocenters. The fourth-order valence-corrected chi connectivity index (χ4v) is 1.73. The van der Waals surface area contributed by atoms with Crippen molar-refractivity contribution < 1.29 is 4.39 Å². The SMILES string of the molecule is Cc1cn(Cc2ccc(F)c(Cl)c2)c(N)n1. The molecular formula is C11H11ClFN3. The first-order chi connectivity index (χ1) is 7.56. The Morgan fingerprint density at radius 1 is 1.50 bits per heavy atom. The Bertz CT molecular complexity index is 522. The van der Waals surface area contributed by atoms with E-state index in [0.29, 0.717) is 12.5 Å². The molecule has 2 N–H and O–H groups in total. The third-order valence-corrected chi connectivity index (χ3v) is 2.55. The van der Waals surface area contributed by atoms with Crippen LogP contribution in [0.15, 0.2) is 24.4 Å². The fraction of sp³-hybridized carbons (Fsp3) is 0.182. The summed E-state index contributed by atoms with van der Waals surface area (Å²) in [6.07, 6.45) is 1.84. The quantitative estimate of drug-likeness (QED) is 0.876. The van der Waals surface area contributed by atoms with E-state index in [1.54, 1.807) is 16.7 Å². The van der Waals surface area contributed by atoms with Crippen LogP contribution in [0.2, 0.25) is 5.02 Å². The Hall–Kier alpha value is -1.55. The van der Waals surface area contributed by atoms with Crippen molar-refractivity contribution in [1.29, 1.82) is 0 Å². The minimum absolute atomic E-state index is 0.118. The Morgan fingerprint density at radius 2 is 2.25 bits per heavy atom. The van der Waals surface area contributed by atoms with E-state index < -0.39 is 5.82 Å². The number of rotatable bonds is 2. The van der Waals surface area contributed by atoms with Crippen LogP contribution in [0.5, 0.6) is 0 Å². The summed E-state index contributed by atoms with van der Waals surface area (Å²) in [6.45, 7) is 2.40. The summed E-state index contributed by atoms with van der Waals surface area (Å²) >= 11 is 5.69. The van der Waals surface area contributed by atoms with Gasteiger partial charge in [-0.1, -0.05) is 17.7 Å². The highest BCUT2D eigenvalue weighted by Gasteiger charge is 2.04. The zero-order chi connectivity index (χ0) is 11.7. The zero-order valence-electron chi connectivity index (χ0n) is 8.74. The number of halogens is 2. The molecule has 0 fully saturated rings. The van der Waals surface area contributed by atoms with Gasteiger partial charge in [-0.15, -0.1) is 0 Å². The number of imidazole rings is 1. The summed E-state index contributed by atoms with van der Waals surface area (Å²) in [5.74, 6) is 0.0261. The van der Waals surface area contributed by atoms with Gasteiger partial charge in [0.2, 0.25) is 5.95 Å². The van der Waals surface area contributed by atoms with Gasteiger partial charge in [0.15, 0.2) is 0 Å². The van der Waals surface area contributed by atoms with Gasteiger partial charge in [0.1, 0.15) is 5.82 Å². The second kappa shape index (κ2) is 4.14.